The summed E-state index contributed by atoms with van der Waals surface area (Å²) in [6, 6.07) is 3.70. The van der Waals surface area contributed by atoms with E-state index in [9.17, 15) is 0 Å². The molecule has 0 amide bonds. The first-order valence-electron chi connectivity index (χ1n) is 3.86. The summed E-state index contributed by atoms with van der Waals surface area (Å²) in [5.41, 5.74) is 1.67. The van der Waals surface area contributed by atoms with Gasteiger partial charge in [0.25, 0.3) is 0 Å². The van der Waals surface area contributed by atoms with E-state index in [0.717, 1.165) is 11.3 Å². The maximum atomic E-state index is 7.01. The van der Waals surface area contributed by atoms with E-state index in [2.05, 4.69) is 16.9 Å². The first-order valence-corrected chi connectivity index (χ1v) is 3.86. The van der Waals surface area contributed by atoms with Gasteiger partial charge < -0.3 is 10.7 Å². The normalized spacial score (nSPS) is 10.6. The second kappa shape index (κ2) is 4.87. The highest BCUT2D eigenvalue weighted by molar-refractivity contribution is 5.80. The summed E-state index contributed by atoms with van der Waals surface area (Å²) >= 11 is 0. The lowest BCUT2D eigenvalue weighted by Crippen LogP contribution is -1.90. The van der Waals surface area contributed by atoms with Gasteiger partial charge >= 0.3 is 0 Å². The third-order valence-electron chi connectivity index (χ3n) is 1.49. The predicted molar refractivity (Wildman–Crippen MR) is 54.9 cm³/mol. The molecule has 0 aliphatic carbocycles. The number of allylic oxidation sites excluding steroid dienone is 2. The molecule has 13 heavy (non-hydrogen) atoms. The van der Waals surface area contributed by atoms with Crippen molar-refractivity contribution in [1.82, 2.24) is 4.98 Å². The van der Waals surface area contributed by atoms with Crippen LogP contribution in [0.1, 0.15) is 0 Å². The average molecular weight is 173 g/mol. The number of hydrogen-bond acceptors (Lipinski definition) is 3. The lowest BCUT2D eigenvalue weighted by molar-refractivity contribution is 1.32. The molecule has 1 heterocycles. The van der Waals surface area contributed by atoms with Crippen LogP contribution < -0.4 is 5.32 Å². The molecule has 66 valence electrons. The van der Waals surface area contributed by atoms with Gasteiger partial charge in [0.05, 0.1) is 0 Å². The zero-order valence-electron chi connectivity index (χ0n) is 7.20. The largest absolute Gasteiger partial charge is 0.361 e. The van der Waals surface area contributed by atoms with Crippen molar-refractivity contribution in [2.45, 2.75) is 0 Å². The fourth-order valence-corrected chi connectivity index (χ4v) is 0.774. The number of nitrogens with one attached hydrogen (secondary N) is 2. The van der Waals surface area contributed by atoms with Crippen molar-refractivity contribution in [2.75, 3.05) is 5.32 Å². The summed E-state index contributed by atoms with van der Waals surface area (Å²) in [7, 11) is 0. The summed E-state index contributed by atoms with van der Waals surface area (Å²) in [6.45, 7) is 3.57. The van der Waals surface area contributed by atoms with Gasteiger partial charge in [-0.15, -0.1) is 0 Å². The Hall–Kier alpha value is -1.90. The molecule has 0 saturated heterocycles. The lowest BCUT2D eigenvalue weighted by Gasteiger charge is -1.99. The third-order valence-corrected chi connectivity index (χ3v) is 1.49. The molecule has 0 fully saturated rings. The topological polar surface area (TPSA) is 48.8 Å². The van der Waals surface area contributed by atoms with Gasteiger partial charge in [0.15, 0.2) is 0 Å². The van der Waals surface area contributed by atoms with Gasteiger partial charge in [-0.1, -0.05) is 12.7 Å². The Balaban J connectivity index is 2.65. The quantitative estimate of drug-likeness (QED) is 0.541. The van der Waals surface area contributed by atoms with Gasteiger partial charge in [-0.3, -0.25) is 4.98 Å². The fourth-order valence-electron chi connectivity index (χ4n) is 0.774. The molecule has 0 spiro atoms. The Kier molecular flexibility index (Phi) is 3.45. The molecule has 0 unspecified atom stereocenters. The molecule has 0 saturated carbocycles. The Morgan fingerprint density at radius 3 is 2.69 bits per heavy atom. The van der Waals surface area contributed by atoms with Gasteiger partial charge in [0.1, 0.15) is 0 Å². The third kappa shape index (κ3) is 2.91. The van der Waals surface area contributed by atoms with Crippen LogP contribution in [0, 0.1) is 5.41 Å². The zero-order chi connectivity index (χ0) is 9.52. The Morgan fingerprint density at radius 2 is 2.15 bits per heavy atom. The van der Waals surface area contributed by atoms with E-state index in [0.29, 0.717) is 0 Å². The molecular weight excluding hydrogens is 162 g/mol. The van der Waals surface area contributed by atoms with E-state index in [1.165, 1.54) is 6.21 Å². The molecule has 0 atom stereocenters. The summed E-state index contributed by atoms with van der Waals surface area (Å²) in [4.78, 5) is 3.89. The highest BCUT2D eigenvalue weighted by atomic mass is 14.8. The summed E-state index contributed by atoms with van der Waals surface area (Å²) in [5, 5.41) is 10.0. The van der Waals surface area contributed by atoms with Crippen molar-refractivity contribution in [3.63, 3.8) is 0 Å². The summed E-state index contributed by atoms with van der Waals surface area (Å²) in [6.07, 6.45) is 7.97. The van der Waals surface area contributed by atoms with Crippen molar-refractivity contribution in [1.29, 1.82) is 5.41 Å². The van der Waals surface area contributed by atoms with Crippen LogP contribution in [0.5, 0.6) is 0 Å². The minimum atomic E-state index is 0.733. The van der Waals surface area contributed by atoms with Crippen molar-refractivity contribution in [3.05, 3.63) is 49.0 Å². The number of anilines is 1. The second-order valence-electron chi connectivity index (χ2n) is 2.37. The molecule has 0 aliphatic rings. The van der Waals surface area contributed by atoms with E-state index in [4.69, 9.17) is 5.41 Å². The van der Waals surface area contributed by atoms with Gasteiger partial charge in [0, 0.05) is 36.1 Å². The van der Waals surface area contributed by atoms with Crippen molar-refractivity contribution in [2.24, 2.45) is 0 Å². The number of aromatic nitrogens is 1. The van der Waals surface area contributed by atoms with Crippen LogP contribution in [0.3, 0.4) is 0 Å². The van der Waals surface area contributed by atoms with Crippen LogP contribution in [0.4, 0.5) is 5.69 Å². The lowest BCUT2D eigenvalue weighted by atomic mass is 10.3. The van der Waals surface area contributed by atoms with E-state index in [-0.39, 0.29) is 0 Å². The Bertz CT molecular complexity index is 304. The van der Waals surface area contributed by atoms with E-state index < -0.39 is 0 Å². The van der Waals surface area contributed by atoms with Gasteiger partial charge in [-0.05, 0) is 12.1 Å². The molecular formula is C10H11N3. The molecule has 0 aromatic carbocycles. The molecule has 1 aromatic heterocycles. The molecule has 0 radical (unpaired) electrons. The monoisotopic (exact) mass is 173 g/mol. The van der Waals surface area contributed by atoms with Crippen LogP contribution in [0.2, 0.25) is 0 Å². The molecule has 3 nitrogen and oxygen atoms in total. The predicted octanol–water partition coefficient (Wildman–Crippen LogP) is 2.21. The number of rotatable bonds is 4. The van der Waals surface area contributed by atoms with E-state index in [1.807, 2.05) is 12.1 Å². The number of hydrogen-bond donors (Lipinski definition) is 2. The maximum absolute atomic E-state index is 7.01. The van der Waals surface area contributed by atoms with Crippen LogP contribution in [0.25, 0.3) is 0 Å². The SMILES string of the molecule is C=C/C(C=N)=C/Nc1ccncc1. The van der Waals surface area contributed by atoms with Gasteiger partial charge in [0.2, 0.25) is 0 Å². The second-order valence-corrected chi connectivity index (χ2v) is 2.37. The molecule has 3 heteroatoms. The highest BCUT2D eigenvalue weighted by Crippen LogP contribution is 2.03. The van der Waals surface area contributed by atoms with Crippen LogP contribution in [-0.2, 0) is 0 Å². The number of nitrogens with zero attached hydrogens (tertiary/aromatic N) is 1. The first kappa shape index (κ1) is 9.19. The summed E-state index contributed by atoms with van der Waals surface area (Å²) in [5.74, 6) is 0. The van der Waals surface area contributed by atoms with Crippen molar-refractivity contribution < 1.29 is 0 Å². The summed E-state index contributed by atoms with van der Waals surface area (Å²) < 4.78 is 0. The molecule has 1 rings (SSSR count). The van der Waals surface area contributed by atoms with E-state index in [1.54, 1.807) is 24.7 Å². The highest BCUT2D eigenvalue weighted by Gasteiger charge is 1.86. The molecule has 0 bridgehead atoms. The van der Waals surface area contributed by atoms with E-state index >= 15 is 0 Å². The molecule has 0 aliphatic heterocycles. The maximum Gasteiger partial charge on any atom is 0.0410 e. The average Bonchev–Trinajstić information content (AvgIpc) is 2.21. The Morgan fingerprint density at radius 1 is 1.46 bits per heavy atom. The number of pyridine rings is 1. The van der Waals surface area contributed by atoms with Gasteiger partial charge in [-0.2, -0.15) is 0 Å². The minimum Gasteiger partial charge on any atom is -0.361 e. The minimum absolute atomic E-state index is 0.733. The first-order chi connectivity index (χ1) is 6.36. The zero-order valence-corrected chi connectivity index (χ0v) is 7.20. The van der Waals surface area contributed by atoms with Gasteiger partial charge in [-0.25, -0.2) is 0 Å². The van der Waals surface area contributed by atoms with Crippen LogP contribution in [0.15, 0.2) is 49.0 Å². The fraction of sp³-hybridized carbons (Fsp3) is 0. The Labute approximate surface area is 77.3 Å². The van der Waals surface area contributed by atoms with Crippen LogP contribution >= 0.6 is 0 Å². The molecule has 2 N–H and O–H groups in total. The standard InChI is InChI=1S/C10H11N3/c1-2-9(7-11)8-13-10-3-5-12-6-4-10/h2-8,11H,1H2,(H,12,13)/b9-8-,11-7?. The van der Waals surface area contributed by atoms with Crippen molar-refractivity contribution in [3.8, 4) is 0 Å². The van der Waals surface area contributed by atoms with Crippen molar-refractivity contribution >= 4 is 11.9 Å². The smallest absolute Gasteiger partial charge is 0.0410 e. The molecule has 1 aromatic rings. The van der Waals surface area contributed by atoms with Crippen LogP contribution in [-0.4, -0.2) is 11.2 Å².